The number of carboxylic acid groups (broad SMARTS) is 1. The van der Waals surface area contributed by atoms with Crippen LogP contribution in [0.3, 0.4) is 0 Å². The van der Waals surface area contributed by atoms with E-state index in [0.717, 1.165) is 25.8 Å². The van der Waals surface area contributed by atoms with E-state index in [1.54, 1.807) is 0 Å². The van der Waals surface area contributed by atoms with E-state index < -0.39 is 5.97 Å². The average molecular weight is 275 g/mol. The number of rotatable bonds is 7. The number of hydrogen-bond donors (Lipinski definition) is 1. The fraction of sp³-hybridized carbons (Fsp3) is 0.588. The molecule has 0 spiro atoms. The molecule has 1 atom stereocenters. The maximum atomic E-state index is 10.5. The van der Waals surface area contributed by atoms with Gasteiger partial charge in [0.15, 0.2) is 0 Å². The highest BCUT2D eigenvalue weighted by atomic mass is 16.4. The highest BCUT2D eigenvalue weighted by molar-refractivity contribution is 5.66. The monoisotopic (exact) mass is 275 g/mol. The van der Waals surface area contributed by atoms with Gasteiger partial charge in [-0.2, -0.15) is 0 Å². The number of hydrogen-bond acceptors (Lipinski definition) is 2. The van der Waals surface area contributed by atoms with Gasteiger partial charge in [-0.05, 0) is 63.2 Å². The summed E-state index contributed by atoms with van der Waals surface area (Å²) in [5, 5.41) is 8.67. The molecule has 1 heterocycles. The lowest BCUT2D eigenvalue weighted by Crippen LogP contribution is -2.32. The second-order valence-corrected chi connectivity index (χ2v) is 5.81. The van der Waals surface area contributed by atoms with Crippen molar-refractivity contribution in [3.63, 3.8) is 0 Å². The molecular formula is C17H25NO2. The van der Waals surface area contributed by atoms with Crippen molar-refractivity contribution in [2.24, 2.45) is 0 Å². The van der Waals surface area contributed by atoms with E-state index >= 15 is 0 Å². The molecule has 1 aliphatic rings. The van der Waals surface area contributed by atoms with Crippen LogP contribution in [-0.2, 0) is 11.2 Å². The zero-order chi connectivity index (χ0) is 14.4. The van der Waals surface area contributed by atoms with E-state index in [4.69, 9.17) is 5.11 Å². The quantitative estimate of drug-likeness (QED) is 0.777. The summed E-state index contributed by atoms with van der Waals surface area (Å²) in [6.07, 6.45) is 5.77. The zero-order valence-electron chi connectivity index (χ0n) is 12.3. The van der Waals surface area contributed by atoms with Crippen molar-refractivity contribution in [1.29, 1.82) is 0 Å². The van der Waals surface area contributed by atoms with Crippen LogP contribution in [0.25, 0.3) is 0 Å². The average Bonchev–Trinajstić information content (AvgIpc) is 2.85. The molecule has 0 amide bonds. The third-order valence-corrected chi connectivity index (χ3v) is 4.30. The Morgan fingerprint density at radius 3 is 2.90 bits per heavy atom. The number of nitrogens with zero attached hydrogens (tertiary/aromatic N) is 1. The number of aliphatic carboxylic acids is 1. The van der Waals surface area contributed by atoms with Gasteiger partial charge < -0.3 is 10.0 Å². The largest absolute Gasteiger partial charge is 0.481 e. The molecule has 1 saturated heterocycles. The summed E-state index contributed by atoms with van der Waals surface area (Å²) < 4.78 is 0. The Balaban J connectivity index is 1.81. The van der Waals surface area contributed by atoms with E-state index in [-0.39, 0.29) is 0 Å². The smallest absolute Gasteiger partial charge is 0.303 e. The predicted molar refractivity (Wildman–Crippen MR) is 81.0 cm³/mol. The minimum atomic E-state index is -0.678. The molecule has 0 aromatic heterocycles. The Morgan fingerprint density at radius 2 is 2.15 bits per heavy atom. The first-order valence-corrected chi connectivity index (χ1v) is 7.67. The molecule has 1 fully saturated rings. The van der Waals surface area contributed by atoms with Gasteiger partial charge >= 0.3 is 5.97 Å². The predicted octanol–water partition coefficient (Wildman–Crippen LogP) is 3.26. The van der Waals surface area contributed by atoms with Crippen molar-refractivity contribution >= 4 is 5.97 Å². The summed E-state index contributed by atoms with van der Waals surface area (Å²) in [6.45, 7) is 4.40. The van der Waals surface area contributed by atoms with Crippen LogP contribution in [0.1, 0.15) is 43.2 Å². The first-order valence-electron chi connectivity index (χ1n) is 7.67. The minimum Gasteiger partial charge on any atom is -0.481 e. The van der Waals surface area contributed by atoms with Crippen LogP contribution in [0, 0.1) is 6.92 Å². The summed E-state index contributed by atoms with van der Waals surface area (Å²) in [5.74, 6) is -0.678. The van der Waals surface area contributed by atoms with Gasteiger partial charge in [0.25, 0.3) is 0 Å². The van der Waals surface area contributed by atoms with Crippen molar-refractivity contribution in [3.05, 3.63) is 35.4 Å². The first-order chi connectivity index (χ1) is 9.66. The molecule has 110 valence electrons. The number of aryl methyl sites for hydroxylation is 1. The fourth-order valence-corrected chi connectivity index (χ4v) is 3.10. The molecule has 1 aromatic carbocycles. The van der Waals surface area contributed by atoms with Gasteiger partial charge in [0, 0.05) is 12.5 Å². The second kappa shape index (κ2) is 7.44. The molecule has 1 N–H and O–H groups in total. The van der Waals surface area contributed by atoms with Gasteiger partial charge in [0.2, 0.25) is 0 Å². The van der Waals surface area contributed by atoms with Crippen molar-refractivity contribution in [1.82, 2.24) is 4.90 Å². The molecule has 1 unspecified atom stereocenters. The minimum absolute atomic E-state index is 0.302. The molecule has 3 nitrogen and oxygen atoms in total. The molecule has 0 radical (unpaired) electrons. The SMILES string of the molecule is Cc1ccccc1CC1CCCN1CCCCC(=O)O. The Labute approximate surface area is 121 Å². The maximum absolute atomic E-state index is 10.5. The summed E-state index contributed by atoms with van der Waals surface area (Å²) in [6, 6.07) is 9.27. The molecule has 20 heavy (non-hydrogen) atoms. The molecule has 3 heteroatoms. The number of unbranched alkanes of at least 4 members (excludes halogenated alkanes) is 1. The molecule has 0 bridgehead atoms. The van der Waals surface area contributed by atoms with Gasteiger partial charge in [-0.1, -0.05) is 24.3 Å². The van der Waals surface area contributed by atoms with Crippen molar-refractivity contribution in [2.45, 2.75) is 51.5 Å². The summed E-state index contributed by atoms with van der Waals surface area (Å²) in [4.78, 5) is 13.1. The van der Waals surface area contributed by atoms with Crippen LogP contribution in [0.5, 0.6) is 0 Å². The summed E-state index contributed by atoms with van der Waals surface area (Å²) >= 11 is 0. The lowest BCUT2D eigenvalue weighted by molar-refractivity contribution is -0.137. The van der Waals surface area contributed by atoms with Crippen molar-refractivity contribution < 1.29 is 9.90 Å². The van der Waals surface area contributed by atoms with Crippen LogP contribution in [0.4, 0.5) is 0 Å². The Kier molecular flexibility index (Phi) is 5.60. The standard InChI is InChI=1S/C17H25NO2/c1-14-7-2-3-8-15(14)13-16-9-6-12-18(16)11-5-4-10-17(19)20/h2-3,7-8,16H,4-6,9-13H2,1H3,(H,19,20). The van der Waals surface area contributed by atoms with Gasteiger partial charge in [-0.15, -0.1) is 0 Å². The normalized spacial score (nSPS) is 19.4. The number of likely N-dealkylation sites (tertiary alicyclic amines) is 1. The van der Waals surface area contributed by atoms with E-state index in [2.05, 4.69) is 36.1 Å². The highest BCUT2D eigenvalue weighted by Gasteiger charge is 2.24. The van der Waals surface area contributed by atoms with Crippen LogP contribution < -0.4 is 0 Å². The summed E-state index contributed by atoms with van der Waals surface area (Å²) in [7, 11) is 0. The second-order valence-electron chi connectivity index (χ2n) is 5.81. The van der Waals surface area contributed by atoms with Gasteiger partial charge in [0.1, 0.15) is 0 Å². The highest BCUT2D eigenvalue weighted by Crippen LogP contribution is 2.23. The number of carboxylic acids is 1. The molecule has 1 aromatic rings. The fourth-order valence-electron chi connectivity index (χ4n) is 3.10. The molecule has 1 aliphatic heterocycles. The van der Waals surface area contributed by atoms with Gasteiger partial charge in [0.05, 0.1) is 0 Å². The Hall–Kier alpha value is -1.35. The summed E-state index contributed by atoms with van der Waals surface area (Å²) in [5.41, 5.74) is 2.83. The molecular weight excluding hydrogens is 250 g/mol. The molecule has 2 rings (SSSR count). The van der Waals surface area contributed by atoms with Crippen LogP contribution in [0.2, 0.25) is 0 Å². The van der Waals surface area contributed by atoms with Crippen LogP contribution in [0.15, 0.2) is 24.3 Å². The van der Waals surface area contributed by atoms with Gasteiger partial charge in [-0.3, -0.25) is 4.79 Å². The molecule has 0 aliphatic carbocycles. The first kappa shape index (κ1) is 15.0. The lowest BCUT2D eigenvalue weighted by Gasteiger charge is -2.25. The number of benzene rings is 1. The zero-order valence-corrected chi connectivity index (χ0v) is 12.3. The van der Waals surface area contributed by atoms with Gasteiger partial charge in [-0.25, -0.2) is 0 Å². The molecule has 0 saturated carbocycles. The lowest BCUT2D eigenvalue weighted by atomic mass is 9.99. The van der Waals surface area contributed by atoms with Crippen molar-refractivity contribution in [3.8, 4) is 0 Å². The van der Waals surface area contributed by atoms with E-state index in [9.17, 15) is 4.79 Å². The third kappa shape index (κ3) is 4.34. The third-order valence-electron chi connectivity index (χ3n) is 4.30. The Morgan fingerprint density at radius 1 is 1.35 bits per heavy atom. The number of carbonyl (C=O) groups is 1. The Bertz CT molecular complexity index is 444. The maximum Gasteiger partial charge on any atom is 0.303 e. The van der Waals surface area contributed by atoms with Crippen molar-refractivity contribution in [2.75, 3.05) is 13.1 Å². The van der Waals surface area contributed by atoms with Crippen LogP contribution in [-0.4, -0.2) is 35.1 Å². The topological polar surface area (TPSA) is 40.5 Å². The van der Waals surface area contributed by atoms with E-state index in [0.29, 0.717) is 12.5 Å². The van der Waals surface area contributed by atoms with E-state index in [1.165, 1.54) is 30.5 Å². The van der Waals surface area contributed by atoms with E-state index in [1.807, 2.05) is 0 Å². The van der Waals surface area contributed by atoms with Crippen LogP contribution >= 0.6 is 0 Å².